The number of H-pyrrole nitrogens is 1. The summed E-state index contributed by atoms with van der Waals surface area (Å²) < 4.78 is 7.08. The van der Waals surface area contributed by atoms with E-state index in [4.69, 9.17) is 15.6 Å². The van der Waals surface area contributed by atoms with Gasteiger partial charge >= 0.3 is 5.69 Å². The minimum atomic E-state index is -0.491. The quantitative estimate of drug-likeness (QED) is 0.678. The maximum absolute atomic E-state index is 11.8. The number of nitrogens with zero attached hydrogens (tertiary/aromatic N) is 1. The number of hydrogen-bond acceptors (Lipinski definition) is 5. The summed E-state index contributed by atoms with van der Waals surface area (Å²) in [5.74, 6) is 0. The van der Waals surface area contributed by atoms with E-state index in [-0.39, 0.29) is 12.7 Å². The number of aliphatic hydroxyl groups is 1. The maximum Gasteiger partial charge on any atom is 0.330 e. The van der Waals surface area contributed by atoms with Crippen LogP contribution in [0.15, 0.2) is 21.9 Å². The minimum Gasteiger partial charge on any atom is -0.396 e. The summed E-state index contributed by atoms with van der Waals surface area (Å²) in [5.41, 5.74) is 4.78. The van der Waals surface area contributed by atoms with E-state index >= 15 is 0 Å². The van der Waals surface area contributed by atoms with Crippen molar-refractivity contribution in [3.63, 3.8) is 0 Å². The van der Waals surface area contributed by atoms with Gasteiger partial charge in [-0.1, -0.05) is 12.2 Å². The number of nitrogens with two attached hydrogens (primary N) is 1. The predicted octanol–water partition coefficient (Wildman–Crippen LogP) is -0.432. The van der Waals surface area contributed by atoms with Crippen LogP contribution in [0.25, 0.3) is 6.08 Å². The first-order valence-electron chi connectivity index (χ1n) is 6.64. The van der Waals surface area contributed by atoms with Crippen molar-refractivity contribution in [1.29, 1.82) is 0 Å². The van der Waals surface area contributed by atoms with E-state index in [9.17, 15) is 9.59 Å². The van der Waals surface area contributed by atoms with Crippen LogP contribution in [0.3, 0.4) is 0 Å². The summed E-state index contributed by atoms with van der Waals surface area (Å²) in [4.78, 5) is 25.8. The second-order valence-corrected chi connectivity index (χ2v) is 4.69. The molecule has 7 heteroatoms. The molecule has 2 heterocycles. The molecule has 1 aliphatic heterocycles. The number of hydrogen-bond donors (Lipinski definition) is 3. The molecule has 0 radical (unpaired) electrons. The number of aromatic amines is 1. The molecule has 0 saturated carbocycles. The maximum atomic E-state index is 11.8. The predicted molar refractivity (Wildman–Crippen MR) is 74.3 cm³/mol. The van der Waals surface area contributed by atoms with Crippen molar-refractivity contribution < 1.29 is 9.84 Å². The molecule has 1 aliphatic rings. The second kappa shape index (κ2) is 6.65. The topological polar surface area (TPSA) is 110 Å². The van der Waals surface area contributed by atoms with Gasteiger partial charge in [0.1, 0.15) is 6.23 Å². The SMILES string of the molecule is NC/C=C/c1cn(C2CCC(CCO)O2)c(=O)[nH]c1=O. The molecule has 1 aromatic rings. The summed E-state index contributed by atoms with van der Waals surface area (Å²) in [6.07, 6.45) is 6.26. The second-order valence-electron chi connectivity index (χ2n) is 4.69. The highest BCUT2D eigenvalue weighted by Gasteiger charge is 2.27. The minimum absolute atomic E-state index is 0.0492. The lowest BCUT2D eigenvalue weighted by Gasteiger charge is -2.15. The standard InChI is InChI=1S/C13H19N3O4/c14-6-1-2-9-8-16(13(19)15-12(9)18)11-4-3-10(20-11)5-7-17/h1-2,8,10-11,17H,3-7,14H2,(H,15,18,19)/b2-1+. The molecule has 110 valence electrons. The van der Waals surface area contributed by atoms with Crippen LogP contribution in [0.2, 0.25) is 0 Å². The molecule has 0 spiro atoms. The fraction of sp³-hybridized carbons (Fsp3) is 0.538. The van der Waals surface area contributed by atoms with E-state index in [1.54, 1.807) is 12.2 Å². The van der Waals surface area contributed by atoms with Crippen LogP contribution in [-0.2, 0) is 4.74 Å². The molecule has 20 heavy (non-hydrogen) atoms. The summed E-state index contributed by atoms with van der Waals surface area (Å²) in [6, 6.07) is 0. The molecule has 0 aliphatic carbocycles. The van der Waals surface area contributed by atoms with Crippen LogP contribution in [-0.4, -0.2) is 33.9 Å². The van der Waals surface area contributed by atoms with Crippen molar-refractivity contribution in [2.45, 2.75) is 31.6 Å². The summed E-state index contributed by atoms with van der Waals surface area (Å²) in [6.45, 7) is 0.374. The Hall–Kier alpha value is -1.70. The molecule has 7 nitrogen and oxygen atoms in total. The first-order chi connectivity index (χ1) is 9.65. The van der Waals surface area contributed by atoms with E-state index in [0.29, 0.717) is 24.9 Å². The fourth-order valence-electron chi connectivity index (χ4n) is 2.28. The van der Waals surface area contributed by atoms with Gasteiger partial charge in [-0.2, -0.15) is 0 Å². The number of aliphatic hydroxyl groups excluding tert-OH is 1. The number of aromatic nitrogens is 2. The van der Waals surface area contributed by atoms with Crippen LogP contribution in [0.5, 0.6) is 0 Å². The van der Waals surface area contributed by atoms with Gasteiger partial charge in [-0.05, 0) is 19.3 Å². The van der Waals surface area contributed by atoms with Crippen molar-refractivity contribution in [2.24, 2.45) is 5.73 Å². The van der Waals surface area contributed by atoms with Crippen molar-refractivity contribution in [3.8, 4) is 0 Å². The van der Waals surface area contributed by atoms with E-state index in [1.807, 2.05) is 0 Å². The zero-order valence-corrected chi connectivity index (χ0v) is 11.1. The summed E-state index contributed by atoms with van der Waals surface area (Å²) in [5, 5.41) is 8.90. The van der Waals surface area contributed by atoms with E-state index in [0.717, 1.165) is 6.42 Å². The van der Waals surface area contributed by atoms with Crippen LogP contribution >= 0.6 is 0 Å². The van der Waals surface area contributed by atoms with E-state index in [2.05, 4.69) is 4.98 Å². The third kappa shape index (κ3) is 3.24. The van der Waals surface area contributed by atoms with Gasteiger partial charge < -0.3 is 15.6 Å². The smallest absolute Gasteiger partial charge is 0.330 e. The van der Waals surface area contributed by atoms with Gasteiger partial charge in [-0.25, -0.2) is 4.79 Å². The zero-order chi connectivity index (χ0) is 14.5. The van der Waals surface area contributed by atoms with Gasteiger partial charge in [0.05, 0.1) is 11.7 Å². The van der Waals surface area contributed by atoms with Crippen LogP contribution in [0, 0.1) is 0 Å². The molecule has 0 aromatic carbocycles. The monoisotopic (exact) mass is 281 g/mol. The van der Waals surface area contributed by atoms with Gasteiger partial charge in [0.2, 0.25) is 0 Å². The summed E-state index contributed by atoms with van der Waals surface area (Å²) in [7, 11) is 0. The average Bonchev–Trinajstić information content (AvgIpc) is 2.87. The van der Waals surface area contributed by atoms with Gasteiger partial charge in [-0.3, -0.25) is 14.3 Å². The highest BCUT2D eigenvalue weighted by molar-refractivity contribution is 5.46. The lowest BCUT2D eigenvalue weighted by atomic mass is 10.2. The molecular formula is C13H19N3O4. The fourth-order valence-corrected chi connectivity index (χ4v) is 2.28. The number of rotatable bonds is 5. The third-order valence-electron chi connectivity index (χ3n) is 3.28. The third-order valence-corrected chi connectivity index (χ3v) is 3.28. The van der Waals surface area contributed by atoms with Crippen molar-refractivity contribution in [2.75, 3.05) is 13.2 Å². The highest BCUT2D eigenvalue weighted by Crippen LogP contribution is 2.28. The molecule has 0 bridgehead atoms. The van der Waals surface area contributed by atoms with E-state index < -0.39 is 17.5 Å². The van der Waals surface area contributed by atoms with Crippen molar-refractivity contribution in [1.82, 2.24) is 9.55 Å². The Kier molecular flexibility index (Phi) is 4.89. The Morgan fingerprint density at radius 2 is 2.30 bits per heavy atom. The number of ether oxygens (including phenoxy) is 1. The van der Waals surface area contributed by atoms with Gasteiger partial charge in [0.15, 0.2) is 0 Å². The summed E-state index contributed by atoms with van der Waals surface area (Å²) >= 11 is 0. The molecule has 2 unspecified atom stereocenters. The Balaban J connectivity index is 2.26. The van der Waals surface area contributed by atoms with Crippen LogP contribution < -0.4 is 17.0 Å². The molecule has 2 rings (SSSR count). The van der Waals surface area contributed by atoms with Crippen LogP contribution in [0.1, 0.15) is 31.1 Å². The average molecular weight is 281 g/mol. The first-order valence-corrected chi connectivity index (χ1v) is 6.64. The van der Waals surface area contributed by atoms with E-state index in [1.165, 1.54) is 10.8 Å². The largest absolute Gasteiger partial charge is 0.396 e. The molecule has 1 fully saturated rings. The zero-order valence-electron chi connectivity index (χ0n) is 11.1. The Bertz CT molecular complexity index is 590. The van der Waals surface area contributed by atoms with Gasteiger partial charge in [0.25, 0.3) is 5.56 Å². The lowest BCUT2D eigenvalue weighted by Crippen LogP contribution is -2.33. The molecule has 2 atom stereocenters. The molecule has 1 saturated heterocycles. The lowest BCUT2D eigenvalue weighted by molar-refractivity contribution is -0.0103. The van der Waals surface area contributed by atoms with Gasteiger partial charge in [0, 0.05) is 19.3 Å². The van der Waals surface area contributed by atoms with Crippen molar-refractivity contribution in [3.05, 3.63) is 38.7 Å². The first kappa shape index (κ1) is 14.7. The number of nitrogens with one attached hydrogen (secondary N) is 1. The molecule has 4 N–H and O–H groups in total. The van der Waals surface area contributed by atoms with Crippen LogP contribution in [0.4, 0.5) is 0 Å². The van der Waals surface area contributed by atoms with Crippen molar-refractivity contribution >= 4 is 6.08 Å². The highest BCUT2D eigenvalue weighted by atomic mass is 16.5. The Labute approximate surface area is 115 Å². The normalized spacial score (nSPS) is 22.7. The molecular weight excluding hydrogens is 262 g/mol. The Morgan fingerprint density at radius 1 is 1.50 bits per heavy atom. The van der Waals surface area contributed by atoms with Gasteiger partial charge in [-0.15, -0.1) is 0 Å². The molecule has 0 amide bonds. The molecule has 1 aromatic heterocycles. The Morgan fingerprint density at radius 3 is 3.00 bits per heavy atom.